The number of phenols is 4. The molecule has 8 bridgehead atoms. The molecule has 8 nitrogen and oxygen atoms in total. The number of hydrogen-bond acceptors (Lipinski definition) is 8. The maximum Gasteiger partial charge on any atom is 0.115 e. The van der Waals surface area contributed by atoms with Gasteiger partial charge in [-0.25, -0.2) is 0 Å². The molecule has 0 spiro atoms. The lowest BCUT2D eigenvalue weighted by molar-refractivity contribution is 0.316. The van der Waals surface area contributed by atoms with Crippen LogP contribution in [0.5, 0.6) is 23.0 Å². The fourth-order valence-electron chi connectivity index (χ4n) is 10.5. The van der Waals surface area contributed by atoms with Crippen molar-refractivity contribution in [2.24, 2.45) is 0 Å². The summed E-state index contributed by atoms with van der Waals surface area (Å²) in [6.45, 7) is 0. The lowest BCUT2D eigenvalue weighted by Crippen LogP contribution is -2.52. The third-order valence-electron chi connectivity index (χ3n) is 12.6. The molecule has 0 amide bonds. The van der Waals surface area contributed by atoms with Gasteiger partial charge in [-0.2, -0.15) is 0 Å². The van der Waals surface area contributed by atoms with Crippen LogP contribution in [-0.4, -0.2) is 68.8 Å². The Bertz CT molecular complexity index is 1710. The number of benzene rings is 4. The molecule has 3 fully saturated rings. The van der Waals surface area contributed by atoms with E-state index in [1.54, 1.807) is 24.3 Å². The normalized spacial score (nSPS) is 35.2. The van der Waals surface area contributed by atoms with Gasteiger partial charge in [0.05, 0.1) is 0 Å². The highest BCUT2D eigenvalue weighted by Gasteiger charge is 2.47. The molecule has 5 aliphatic heterocycles. The van der Waals surface area contributed by atoms with Crippen molar-refractivity contribution in [3.05, 3.63) is 144 Å². The van der Waals surface area contributed by atoms with Crippen LogP contribution < -0.4 is 21.3 Å². The molecule has 5 heterocycles. The lowest BCUT2D eigenvalue weighted by Gasteiger charge is -2.38. The minimum Gasteiger partial charge on any atom is -0.508 e. The standard InChI is InChI=1S/C44H48N4O4/c49-29-9-1-5-25(21-29)41-33-13-15-35(45-33)42(26-6-2-10-30(50)22-26)37-17-19-39(47-37)44(28-8-4-12-32(52)24-28)40-20-18-38(48-40)43(36-16-14-34(41)46-36)27-7-3-11-31(51)23-27/h1-13,15,18,20-24,33-52H,14,16-17,19H2. The second-order valence-electron chi connectivity index (χ2n) is 15.6. The Labute approximate surface area is 305 Å². The molecule has 4 aromatic rings. The minimum absolute atomic E-state index is 0.0149. The lowest BCUT2D eigenvalue weighted by atomic mass is 9.83. The molecule has 12 unspecified atom stereocenters. The Morgan fingerprint density at radius 2 is 0.596 bits per heavy atom. The quantitative estimate of drug-likeness (QED) is 0.122. The van der Waals surface area contributed by atoms with E-state index in [4.69, 9.17) is 0 Å². The molecule has 3 saturated heterocycles. The van der Waals surface area contributed by atoms with Gasteiger partial charge in [-0.3, -0.25) is 0 Å². The van der Waals surface area contributed by atoms with Gasteiger partial charge >= 0.3 is 0 Å². The average molecular weight is 697 g/mol. The summed E-state index contributed by atoms with van der Waals surface area (Å²) in [4.78, 5) is 0. The summed E-state index contributed by atoms with van der Waals surface area (Å²) in [5, 5.41) is 59.0. The molecule has 4 aromatic carbocycles. The highest BCUT2D eigenvalue weighted by molar-refractivity contribution is 5.41. The molecule has 0 radical (unpaired) electrons. The summed E-state index contributed by atoms with van der Waals surface area (Å²) in [6.07, 6.45) is 13.1. The zero-order valence-electron chi connectivity index (χ0n) is 29.1. The Balaban J connectivity index is 1.16. The van der Waals surface area contributed by atoms with Crippen molar-refractivity contribution in [2.75, 3.05) is 0 Å². The minimum atomic E-state index is 0.0149. The van der Waals surface area contributed by atoms with Gasteiger partial charge < -0.3 is 41.7 Å². The largest absolute Gasteiger partial charge is 0.508 e. The summed E-state index contributed by atoms with van der Waals surface area (Å²) >= 11 is 0. The Kier molecular flexibility index (Phi) is 8.79. The van der Waals surface area contributed by atoms with Gasteiger partial charge in [0.25, 0.3) is 0 Å². The molecule has 9 rings (SSSR count). The number of nitrogens with one attached hydrogen (secondary N) is 4. The third-order valence-corrected chi connectivity index (χ3v) is 12.6. The van der Waals surface area contributed by atoms with E-state index in [0.717, 1.165) is 47.9 Å². The first-order valence-corrected chi connectivity index (χ1v) is 18.9. The fraction of sp³-hybridized carbons (Fsp3) is 0.364. The van der Waals surface area contributed by atoms with Crippen LogP contribution in [0.4, 0.5) is 0 Å². The number of phenolic OH excluding ortho intramolecular Hbond substituents is 4. The summed E-state index contributed by atoms with van der Waals surface area (Å²) in [5.41, 5.74) is 4.38. The molecule has 268 valence electrons. The van der Waals surface area contributed by atoms with E-state index in [1.165, 1.54) is 0 Å². The van der Waals surface area contributed by atoms with Gasteiger partial charge in [0.1, 0.15) is 23.0 Å². The topological polar surface area (TPSA) is 129 Å². The number of fused-ring (bicyclic) bond motifs is 8. The van der Waals surface area contributed by atoms with Crippen LogP contribution in [0.15, 0.2) is 121 Å². The van der Waals surface area contributed by atoms with Gasteiger partial charge in [0.15, 0.2) is 0 Å². The van der Waals surface area contributed by atoms with E-state index < -0.39 is 0 Å². The van der Waals surface area contributed by atoms with Crippen molar-refractivity contribution in [3.8, 4) is 23.0 Å². The second kappa shape index (κ2) is 13.7. The van der Waals surface area contributed by atoms with Crippen LogP contribution in [0, 0.1) is 0 Å². The predicted octanol–water partition coefficient (Wildman–Crippen LogP) is 5.99. The van der Waals surface area contributed by atoms with Crippen LogP contribution in [0.1, 0.15) is 71.6 Å². The summed E-state index contributed by atoms with van der Waals surface area (Å²) in [7, 11) is 0. The van der Waals surface area contributed by atoms with E-state index in [9.17, 15) is 20.4 Å². The van der Waals surface area contributed by atoms with Crippen LogP contribution in [0.3, 0.4) is 0 Å². The fourth-order valence-corrected chi connectivity index (χ4v) is 10.5. The second-order valence-corrected chi connectivity index (χ2v) is 15.6. The molecule has 5 aliphatic rings. The monoisotopic (exact) mass is 696 g/mol. The summed E-state index contributed by atoms with van der Waals surface area (Å²) in [6, 6.07) is 31.5. The van der Waals surface area contributed by atoms with Gasteiger partial charge in [-0.15, -0.1) is 0 Å². The highest BCUT2D eigenvalue weighted by atomic mass is 16.3. The first kappa shape index (κ1) is 33.3. The van der Waals surface area contributed by atoms with Gasteiger partial charge in [0.2, 0.25) is 0 Å². The first-order valence-electron chi connectivity index (χ1n) is 18.9. The Hall–Kier alpha value is -4.60. The van der Waals surface area contributed by atoms with E-state index in [0.29, 0.717) is 0 Å². The van der Waals surface area contributed by atoms with Crippen LogP contribution in [0.2, 0.25) is 0 Å². The van der Waals surface area contributed by atoms with Crippen LogP contribution >= 0.6 is 0 Å². The van der Waals surface area contributed by atoms with E-state index in [-0.39, 0.29) is 95.0 Å². The first-order chi connectivity index (χ1) is 25.4. The molecular weight excluding hydrogens is 649 g/mol. The van der Waals surface area contributed by atoms with Gasteiger partial charge in [-0.05, 0) is 96.5 Å². The maximum atomic E-state index is 10.7. The Morgan fingerprint density at radius 3 is 0.827 bits per heavy atom. The molecular formula is C44H48N4O4. The van der Waals surface area contributed by atoms with Crippen LogP contribution in [-0.2, 0) is 0 Å². The zero-order valence-corrected chi connectivity index (χ0v) is 29.1. The maximum absolute atomic E-state index is 10.7. The van der Waals surface area contributed by atoms with E-state index in [1.807, 2.05) is 48.5 Å². The van der Waals surface area contributed by atoms with Gasteiger partial charge in [0, 0.05) is 72.0 Å². The van der Waals surface area contributed by atoms with Crippen molar-refractivity contribution >= 4 is 0 Å². The van der Waals surface area contributed by atoms with Crippen molar-refractivity contribution in [1.82, 2.24) is 21.3 Å². The average Bonchev–Trinajstić information content (AvgIpc) is 3.96. The molecule has 8 N–H and O–H groups in total. The van der Waals surface area contributed by atoms with Crippen molar-refractivity contribution in [2.45, 2.75) is 97.7 Å². The Morgan fingerprint density at radius 1 is 0.346 bits per heavy atom. The molecule has 8 heteroatoms. The summed E-state index contributed by atoms with van der Waals surface area (Å²) < 4.78 is 0. The smallest absolute Gasteiger partial charge is 0.115 e. The predicted molar refractivity (Wildman–Crippen MR) is 203 cm³/mol. The SMILES string of the molecule is Oc1cccc(C2C3C=CC(N3)C(c3cccc(O)c3)C3CCC(N3)C(c3cccc(O)c3)C3C=CC(N3)C(c3cccc(O)c3)C3CCC2N3)c1. The summed E-state index contributed by atoms with van der Waals surface area (Å²) in [5.74, 6) is 1.29. The van der Waals surface area contributed by atoms with Crippen LogP contribution in [0.25, 0.3) is 0 Å². The number of aromatic hydroxyl groups is 4. The van der Waals surface area contributed by atoms with Crippen molar-refractivity contribution in [3.63, 3.8) is 0 Å². The molecule has 12 atom stereocenters. The van der Waals surface area contributed by atoms with Crippen molar-refractivity contribution in [1.29, 1.82) is 0 Å². The number of hydrogen-bond donors (Lipinski definition) is 8. The van der Waals surface area contributed by atoms with E-state index in [2.05, 4.69) is 69.8 Å². The molecule has 0 saturated carbocycles. The molecule has 0 aliphatic carbocycles. The third kappa shape index (κ3) is 6.28. The molecule has 0 aromatic heterocycles. The zero-order chi connectivity index (χ0) is 35.3. The molecule has 52 heavy (non-hydrogen) atoms. The highest BCUT2D eigenvalue weighted by Crippen LogP contribution is 2.44. The van der Waals surface area contributed by atoms with Crippen molar-refractivity contribution < 1.29 is 20.4 Å². The van der Waals surface area contributed by atoms with Gasteiger partial charge in [-0.1, -0.05) is 72.8 Å². The number of rotatable bonds is 4. The van der Waals surface area contributed by atoms with E-state index >= 15 is 0 Å².